The third kappa shape index (κ3) is 4.37. The van der Waals surface area contributed by atoms with Crippen LogP contribution in [0, 0.1) is 0 Å². The number of hydrogen-bond donors (Lipinski definition) is 0. The minimum absolute atomic E-state index is 0.0562. The van der Waals surface area contributed by atoms with Gasteiger partial charge in [-0.05, 0) is 19.9 Å². The van der Waals surface area contributed by atoms with Crippen molar-refractivity contribution >= 4 is 37.2 Å². The number of esters is 3. The third-order valence-electron chi connectivity index (χ3n) is 5.88. The fraction of sp³-hybridized carbons (Fsp3) is 0.500. The molecule has 3 rings (SSSR count). The van der Waals surface area contributed by atoms with Gasteiger partial charge >= 0.3 is 26.5 Å². The summed E-state index contributed by atoms with van der Waals surface area (Å²) in [5.74, 6) is -1.65. The Morgan fingerprint density at radius 1 is 0.857 bits per heavy atom. The maximum atomic E-state index is 13.4. The van der Waals surface area contributed by atoms with Crippen molar-refractivity contribution < 1.29 is 37.4 Å². The first-order valence-corrected chi connectivity index (χ1v) is 13.5. The summed E-state index contributed by atoms with van der Waals surface area (Å²) < 4.78 is 29.7. The fourth-order valence-corrected chi connectivity index (χ4v) is 9.22. The van der Waals surface area contributed by atoms with E-state index in [1.165, 1.54) is 6.92 Å². The molecular formula is C26H34O8Si. The quantitative estimate of drug-likeness (QED) is 0.282. The minimum Gasteiger partial charge on any atom is -0.511 e. The number of carbonyl (C=O) groups excluding carboxylic acids is 3. The van der Waals surface area contributed by atoms with Gasteiger partial charge in [0.2, 0.25) is 0 Å². The Hall–Kier alpha value is -3.07. The molecule has 0 bridgehead atoms. The fourth-order valence-electron chi connectivity index (χ4n) is 4.73. The zero-order valence-corrected chi connectivity index (χ0v) is 22.9. The van der Waals surface area contributed by atoms with Crippen LogP contribution in [0.1, 0.15) is 83.0 Å². The molecule has 8 nitrogen and oxygen atoms in total. The first kappa shape index (κ1) is 26.5. The zero-order valence-electron chi connectivity index (χ0n) is 21.9. The van der Waals surface area contributed by atoms with E-state index in [9.17, 15) is 14.4 Å². The second-order valence-corrected chi connectivity index (χ2v) is 15.1. The molecule has 1 aliphatic rings. The average Bonchev–Trinajstić information content (AvgIpc) is 2.73. The van der Waals surface area contributed by atoms with Crippen molar-refractivity contribution in [3.8, 4) is 17.2 Å². The van der Waals surface area contributed by atoms with Gasteiger partial charge in [0.25, 0.3) is 0 Å². The first-order valence-electron chi connectivity index (χ1n) is 11.7. The maximum Gasteiger partial charge on any atom is 0.471 e. The summed E-state index contributed by atoms with van der Waals surface area (Å²) in [6.45, 7) is 16.9. The van der Waals surface area contributed by atoms with Gasteiger partial charge in [0, 0.05) is 22.4 Å². The molecule has 35 heavy (non-hydrogen) atoms. The van der Waals surface area contributed by atoms with E-state index in [-0.39, 0.29) is 35.8 Å². The molecule has 0 atom stereocenters. The van der Waals surface area contributed by atoms with Crippen LogP contribution in [0.4, 0.5) is 0 Å². The Kier molecular flexibility index (Phi) is 6.96. The predicted molar refractivity (Wildman–Crippen MR) is 134 cm³/mol. The summed E-state index contributed by atoms with van der Waals surface area (Å²) in [6, 6.07) is 5.24. The lowest BCUT2D eigenvalue weighted by molar-refractivity contribution is -0.131. The second kappa shape index (κ2) is 9.18. The van der Waals surface area contributed by atoms with Crippen LogP contribution in [-0.2, 0) is 14.3 Å². The zero-order chi connectivity index (χ0) is 26.3. The van der Waals surface area contributed by atoms with Gasteiger partial charge in [0.05, 0.1) is 18.6 Å². The average molecular weight is 503 g/mol. The molecule has 190 valence electrons. The predicted octanol–water partition coefficient (Wildman–Crippen LogP) is 5.93. The molecule has 9 heteroatoms. The van der Waals surface area contributed by atoms with Crippen molar-refractivity contribution in [3.05, 3.63) is 29.3 Å². The Bertz CT molecular complexity index is 1170. The molecule has 0 fully saturated rings. The van der Waals surface area contributed by atoms with Crippen LogP contribution in [0.2, 0.25) is 10.1 Å². The van der Waals surface area contributed by atoms with E-state index in [0.717, 1.165) is 0 Å². The monoisotopic (exact) mass is 502 g/mol. The van der Waals surface area contributed by atoms with Crippen LogP contribution in [0.5, 0.6) is 17.2 Å². The Labute approximate surface area is 207 Å². The lowest BCUT2D eigenvalue weighted by Crippen LogP contribution is -2.63. The SMILES string of the molecule is CCOC(=O)c1c(C(=O)OCC)c2c3c(cccc3c1OC(C)=O)O[Si](C(C)(C)C)(C(C)(C)C)O2. The second-order valence-electron chi connectivity index (χ2n) is 10.4. The third-order valence-corrected chi connectivity index (χ3v) is 10.8. The van der Waals surface area contributed by atoms with E-state index in [4.69, 9.17) is 23.1 Å². The summed E-state index contributed by atoms with van der Waals surface area (Å²) in [4.78, 5) is 38.7. The number of rotatable bonds is 5. The Morgan fingerprint density at radius 2 is 1.40 bits per heavy atom. The van der Waals surface area contributed by atoms with Crippen LogP contribution >= 0.6 is 0 Å². The lowest BCUT2D eigenvalue weighted by atomic mass is 9.96. The van der Waals surface area contributed by atoms with Crippen molar-refractivity contribution in [2.45, 2.75) is 72.4 Å². The number of ether oxygens (including phenoxy) is 3. The summed E-state index contributed by atoms with van der Waals surface area (Å²) in [7, 11) is -3.21. The van der Waals surface area contributed by atoms with Crippen molar-refractivity contribution in [1.29, 1.82) is 0 Å². The summed E-state index contributed by atoms with van der Waals surface area (Å²) >= 11 is 0. The van der Waals surface area contributed by atoms with Gasteiger partial charge in [-0.1, -0.05) is 53.7 Å². The van der Waals surface area contributed by atoms with E-state index in [0.29, 0.717) is 16.5 Å². The molecule has 0 saturated heterocycles. The highest BCUT2D eigenvalue weighted by molar-refractivity contribution is 6.75. The van der Waals surface area contributed by atoms with E-state index >= 15 is 0 Å². The van der Waals surface area contributed by atoms with Gasteiger partial charge in [-0.15, -0.1) is 0 Å². The molecule has 0 radical (unpaired) electrons. The van der Waals surface area contributed by atoms with Gasteiger partial charge in [-0.25, -0.2) is 9.59 Å². The largest absolute Gasteiger partial charge is 0.511 e. The van der Waals surface area contributed by atoms with Gasteiger partial charge in [0.15, 0.2) is 5.75 Å². The highest BCUT2D eigenvalue weighted by atomic mass is 28.4. The molecule has 1 aliphatic heterocycles. The molecule has 0 N–H and O–H groups in total. The highest BCUT2D eigenvalue weighted by Crippen LogP contribution is 2.58. The summed E-state index contributed by atoms with van der Waals surface area (Å²) in [5.41, 5.74) is -0.331. The van der Waals surface area contributed by atoms with Crippen LogP contribution in [0.15, 0.2) is 18.2 Å². The summed E-state index contributed by atoms with van der Waals surface area (Å²) in [5, 5.41) is -0.0311. The number of carbonyl (C=O) groups is 3. The van der Waals surface area contributed by atoms with E-state index in [2.05, 4.69) is 0 Å². The van der Waals surface area contributed by atoms with Crippen molar-refractivity contribution in [3.63, 3.8) is 0 Å². The van der Waals surface area contributed by atoms with E-state index in [1.54, 1.807) is 32.0 Å². The van der Waals surface area contributed by atoms with Gasteiger partial charge in [0.1, 0.15) is 22.6 Å². The normalized spacial score (nSPS) is 14.5. The van der Waals surface area contributed by atoms with Crippen LogP contribution in [-0.4, -0.2) is 39.7 Å². The molecule has 0 aliphatic carbocycles. The lowest BCUT2D eigenvalue weighted by Gasteiger charge is -2.50. The van der Waals surface area contributed by atoms with Crippen molar-refractivity contribution in [2.24, 2.45) is 0 Å². The Morgan fingerprint density at radius 3 is 1.89 bits per heavy atom. The summed E-state index contributed by atoms with van der Waals surface area (Å²) in [6.07, 6.45) is 0. The standard InChI is InChI=1S/C26H34O8Si/c1-10-30-23(28)19-20(24(29)31-11-2)22-18-16(21(19)32-15(3)27)13-12-14-17(18)33-35(34-22,25(4,5)6)26(7,8)9/h12-14H,10-11H2,1-9H3. The molecule has 1 heterocycles. The molecule has 0 unspecified atom stereocenters. The highest BCUT2D eigenvalue weighted by Gasteiger charge is 2.64. The molecule has 2 aromatic carbocycles. The number of hydrogen-bond acceptors (Lipinski definition) is 8. The van der Waals surface area contributed by atoms with Crippen molar-refractivity contribution in [2.75, 3.05) is 13.2 Å². The first-order chi connectivity index (χ1) is 16.2. The van der Waals surface area contributed by atoms with Crippen molar-refractivity contribution in [1.82, 2.24) is 0 Å². The topological polar surface area (TPSA) is 97.4 Å². The molecule has 0 amide bonds. The van der Waals surface area contributed by atoms with Crippen LogP contribution in [0.25, 0.3) is 10.8 Å². The maximum absolute atomic E-state index is 13.4. The molecule has 0 aromatic heterocycles. The molecule has 2 aromatic rings. The minimum atomic E-state index is -3.21. The Balaban J connectivity index is 2.56. The smallest absolute Gasteiger partial charge is 0.471 e. The number of benzene rings is 2. The van der Waals surface area contributed by atoms with E-state index < -0.39 is 36.5 Å². The van der Waals surface area contributed by atoms with Gasteiger partial charge in [-0.2, -0.15) is 0 Å². The van der Waals surface area contributed by atoms with Crippen LogP contribution in [0.3, 0.4) is 0 Å². The van der Waals surface area contributed by atoms with Gasteiger partial charge < -0.3 is 23.1 Å². The molecule has 0 spiro atoms. The molecule has 0 saturated carbocycles. The molecular weight excluding hydrogens is 468 g/mol. The van der Waals surface area contributed by atoms with E-state index in [1.807, 2.05) is 41.5 Å². The van der Waals surface area contributed by atoms with Crippen LogP contribution < -0.4 is 13.6 Å². The van der Waals surface area contributed by atoms with Gasteiger partial charge in [-0.3, -0.25) is 4.79 Å².